The number of nitrogens with one attached hydrogen (secondary N) is 1. The van der Waals surface area contributed by atoms with Crippen molar-refractivity contribution in [2.75, 3.05) is 6.61 Å². The fraction of sp³-hybridized carbons (Fsp3) is 0.263. The number of fused-ring (bicyclic) bond motifs is 1. The van der Waals surface area contributed by atoms with E-state index in [4.69, 9.17) is 4.74 Å². The molecule has 0 aliphatic carbocycles. The minimum atomic E-state index is -0.142. The van der Waals surface area contributed by atoms with Gasteiger partial charge >= 0.3 is 0 Å². The lowest BCUT2D eigenvalue weighted by Crippen LogP contribution is -2.37. The zero-order chi connectivity index (χ0) is 16.4. The summed E-state index contributed by atoms with van der Waals surface area (Å²) >= 11 is 0. The summed E-state index contributed by atoms with van der Waals surface area (Å²) in [6.45, 7) is 4.07. The monoisotopic (exact) mass is 309 g/mol. The van der Waals surface area contributed by atoms with E-state index >= 15 is 0 Å². The van der Waals surface area contributed by atoms with Crippen LogP contribution in [0.25, 0.3) is 0 Å². The Morgan fingerprint density at radius 3 is 2.43 bits per heavy atom. The predicted molar refractivity (Wildman–Crippen MR) is 88.1 cm³/mol. The summed E-state index contributed by atoms with van der Waals surface area (Å²) in [5.41, 5.74) is 2.29. The number of carbonyl (C=O) groups is 2. The fourth-order valence-corrected chi connectivity index (χ4v) is 2.85. The Bertz CT molecular complexity index is 737. The van der Waals surface area contributed by atoms with E-state index in [1.807, 2.05) is 31.2 Å². The van der Waals surface area contributed by atoms with Gasteiger partial charge in [-0.15, -0.1) is 0 Å². The van der Waals surface area contributed by atoms with Gasteiger partial charge in [0.1, 0.15) is 5.75 Å². The van der Waals surface area contributed by atoms with E-state index < -0.39 is 0 Å². The molecule has 23 heavy (non-hydrogen) atoms. The molecule has 118 valence electrons. The van der Waals surface area contributed by atoms with E-state index in [0.29, 0.717) is 17.7 Å². The smallest absolute Gasteiger partial charge is 0.251 e. The maximum absolute atomic E-state index is 12.4. The van der Waals surface area contributed by atoms with Crippen LogP contribution in [-0.2, 0) is 0 Å². The number of ether oxygens (including phenoxy) is 1. The van der Waals surface area contributed by atoms with Gasteiger partial charge in [0.05, 0.1) is 6.61 Å². The second-order valence-electron chi connectivity index (χ2n) is 5.85. The molecule has 2 aromatic rings. The summed E-state index contributed by atoms with van der Waals surface area (Å²) in [6.07, 6.45) is 0. The van der Waals surface area contributed by atoms with Crippen LogP contribution in [0.2, 0.25) is 0 Å². The van der Waals surface area contributed by atoms with E-state index in [9.17, 15) is 9.59 Å². The minimum Gasteiger partial charge on any atom is -0.493 e. The molecule has 1 aliphatic heterocycles. The summed E-state index contributed by atoms with van der Waals surface area (Å²) in [7, 11) is 0. The Morgan fingerprint density at radius 1 is 1.09 bits per heavy atom. The topological polar surface area (TPSA) is 55.4 Å². The van der Waals surface area contributed by atoms with Gasteiger partial charge in [0, 0.05) is 28.7 Å². The first-order valence-corrected chi connectivity index (χ1v) is 7.70. The number of hydrogen-bond donors (Lipinski definition) is 1. The van der Waals surface area contributed by atoms with Crippen molar-refractivity contribution < 1.29 is 14.3 Å². The fourth-order valence-electron chi connectivity index (χ4n) is 2.85. The van der Waals surface area contributed by atoms with Crippen molar-refractivity contribution >= 4 is 11.7 Å². The molecule has 2 atom stereocenters. The molecule has 1 N–H and O–H groups in total. The minimum absolute atomic E-state index is 0.00922. The lowest BCUT2D eigenvalue weighted by molar-refractivity contribution is 0.0930. The third-order valence-electron chi connectivity index (χ3n) is 4.25. The number of rotatable bonds is 4. The first kappa shape index (κ1) is 15.3. The van der Waals surface area contributed by atoms with Crippen LogP contribution in [0.5, 0.6) is 5.75 Å². The third kappa shape index (κ3) is 3.11. The average molecular weight is 309 g/mol. The normalized spacial score (nSPS) is 17.0. The zero-order valence-electron chi connectivity index (χ0n) is 13.2. The van der Waals surface area contributed by atoms with E-state index in [-0.39, 0.29) is 23.7 Å². The molecule has 0 saturated carbocycles. The SMILES string of the molecule is CC(=O)c1ccc(C(=O)N[C@@H](C)[C@@H]2COc3ccccc32)cc1. The second kappa shape index (κ2) is 6.24. The number of hydrogen-bond acceptors (Lipinski definition) is 3. The summed E-state index contributed by atoms with van der Waals surface area (Å²) < 4.78 is 5.67. The molecule has 3 rings (SSSR count). The molecule has 0 saturated heterocycles. The molecule has 0 aromatic heterocycles. The molecule has 0 spiro atoms. The van der Waals surface area contributed by atoms with Gasteiger partial charge in [-0.05, 0) is 32.0 Å². The van der Waals surface area contributed by atoms with Crippen LogP contribution in [0.15, 0.2) is 48.5 Å². The molecule has 0 fully saturated rings. The standard InChI is InChI=1S/C19H19NO3/c1-12(17-11-23-18-6-4-3-5-16(17)18)20-19(22)15-9-7-14(8-10-15)13(2)21/h3-10,12,17H,11H2,1-2H3,(H,20,22)/t12-,17-/m0/s1. The Balaban J connectivity index is 1.69. The molecule has 0 bridgehead atoms. The maximum Gasteiger partial charge on any atom is 0.251 e. The van der Waals surface area contributed by atoms with Gasteiger partial charge in [-0.2, -0.15) is 0 Å². The third-order valence-corrected chi connectivity index (χ3v) is 4.25. The Hall–Kier alpha value is -2.62. The maximum atomic E-state index is 12.4. The van der Waals surface area contributed by atoms with Crippen molar-refractivity contribution in [3.8, 4) is 5.75 Å². The number of carbonyl (C=O) groups excluding carboxylic acids is 2. The van der Waals surface area contributed by atoms with E-state index in [0.717, 1.165) is 11.3 Å². The van der Waals surface area contributed by atoms with Gasteiger partial charge in [-0.3, -0.25) is 9.59 Å². The average Bonchev–Trinajstić information content (AvgIpc) is 2.99. The van der Waals surface area contributed by atoms with Crippen molar-refractivity contribution in [3.63, 3.8) is 0 Å². The Kier molecular flexibility index (Phi) is 4.15. The van der Waals surface area contributed by atoms with Crippen molar-refractivity contribution in [2.45, 2.75) is 25.8 Å². The molecular weight excluding hydrogens is 290 g/mol. The first-order valence-electron chi connectivity index (χ1n) is 7.70. The van der Waals surface area contributed by atoms with E-state index in [1.165, 1.54) is 6.92 Å². The van der Waals surface area contributed by atoms with Crippen LogP contribution in [0.3, 0.4) is 0 Å². The summed E-state index contributed by atoms with van der Waals surface area (Å²) in [5.74, 6) is 0.887. The van der Waals surface area contributed by atoms with Crippen molar-refractivity contribution in [1.29, 1.82) is 0 Å². The molecule has 4 heteroatoms. The van der Waals surface area contributed by atoms with Gasteiger partial charge in [-0.25, -0.2) is 0 Å². The van der Waals surface area contributed by atoms with Crippen LogP contribution < -0.4 is 10.1 Å². The van der Waals surface area contributed by atoms with Gasteiger partial charge < -0.3 is 10.1 Å². The highest BCUT2D eigenvalue weighted by Gasteiger charge is 2.29. The predicted octanol–water partition coefficient (Wildman–Crippen LogP) is 3.18. The Morgan fingerprint density at radius 2 is 1.74 bits per heavy atom. The zero-order valence-corrected chi connectivity index (χ0v) is 13.2. The molecule has 2 aromatic carbocycles. The second-order valence-corrected chi connectivity index (χ2v) is 5.85. The lowest BCUT2D eigenvalue weighted by atomic mass is 9.94. The summed E-state index contributed by atoms with van der Waals surface area (Å²) in [5, 5.41) is 3.02. The number of benzene rings is 2. The van der Waals surface area contributed by atoms with Crippen LogP contribution >= 0.6 is 0 Å². The number of Topliss-reactive ketones (excluding diaryl/α,β-unsaturated/α-hetero) is 1. The largest absolute Gasteiger partial charge is 0.493 e. The van der Waals surface area contributed by atoms with Gasteiger partial charge in [-0.1, -0.05) is 30.3 Å². The Labute approximate surface area is 135 Å². The molecular formula is C19H19NO3. The van der Waals surface area contributed by atoms with E-state index in [2.05, 4.69) is 5.32 Å². The van der Waals surface area contributed by atoms with Crippen LogP contribution in [0, 0.1) is 0 Å². The highest BCUT2D eigenvalue weighted by molar-refractivity contribution is 5.97. The van der Waals surface area contributed by atoms with Gasteiger partial charge in [0.15, 0.2) is 5.78 Å². The lowest BCUT2D eigenvalue weighted by Gasteiger charge is -2.20. The van der Waals surface area contributed by atoms with Gasteiger partial charge in [0.25, 0.3) is 5.91 Å². The molecule has 1 amide bonds. The quantitative estimate of drug-likeness (QED) is 0.883. The molecule has 4 nitrogen and oxygen atoms in total. The number of amides is 1. The highest BCUT2D eigenvalue weighted by Crippen LogP contribution is 2.35. The molecule has 1 heterocycles. The van der Waals surface area contributed by atoms with Crippen LogP contribution in [-0.4, -0.2) is 24.3 Å². The van der Waals surface area contributed by atoms with Crippen molar-refractivity contribution in [3.05, 3.63) is 65.2 Å². The molecule has 1 aliphatic rings. The van der Waals surface area contributed by atoms with Crippen LogP contribution in [0.1, 0.15) is 46.0 Å². The van der Waals surface area contributed by atoms with Crippen molar-refractivity contribution in [2.24, 2.45) is 0 Å². The van der Waals surface area contributed by atoms with E-state index in [1.54, 1.807) is 24.3 Å². The molecule has 0 unspecified atom stereocenters. The first-order chi connectivity index (χ1) is 11.1. The number of para-hydroxylation sites is 1. The van der Waals surface area contributed by atoms with Crippen molar-refractivity contribution in [1.82, 2.24) is 5.32 Å². The summed E-state index contributed by atoms with van der Waals surface area (Å²) in [4.78, 5) is 23.6. The highest BCUT2D eigenvalue weighted by atomic mass is 16.5. The van der Waals surface area contributed by atoms with Crippen LogP contribution in [0.4, 0.5) is 0 Å². The molecule has 0 radical (unpaired) electrons. The number of ketones is 1. The summed E-state index contributed by atoms with van der Waals surface area (Å²) in [6, 6.07) is 14.6. The van der Waals surface area contributed by atoms with Gasteiger partial charge in [0.2, 0.25) is 0 Å².